The number of nitrogens with zero attached hydrogens (tertiary/aromatic N) is 1. The molecule has 0 atom stereocenters. The standard InChI is InChI=1S/C14H24N2O2S/c1-14(2,15)7-6-13(17)16(8-9-18-3)11-12-5-4-10-19-12/h4-5,10H,6-9,11,15H2,1-3H3. The quantitative estimate of drug-likeness (QED) is 0.796. The number of carbonyl (C=O) groups is 1. The Morgan fingerprint density at radius 2 is 2.26 bits per heavy atom. The molecule has 108 valence electrons. The second-order valence-corrected chi connectivity index (χ2v) is 6.41. The van der Waals surface area contributed by atoms with Gasteiger partial charge < -0.3 is 15.4 Å². The highest BCUT2D eigenvalue weighted by Crippen LogP contribution is 2.14. The van der Waals surface area contributed by atoms with Crippen molar-refractivity contribution in [1.29, 1.82) is 0 Å². The van der Waals surface area contributed by atoms with E-state index in [1.165, 1.54) is 4.88 Å². The van der Waals surface area contributed by atoms with Gasteiger partial charge in [0.25, 0.3) is 0 Å². The van der Waals surface area contributed by atoms with Crippen LogP contribution in [0.5, 0.6) is 0 Å². The molecule has 19 heavy (non-hydrogen) atoms. The Bertz CT molecular complexity index is 371. The number of amides is 1. The van der Waals surface area contributed by atoms with Crippen molar-refractivity contribution in [3.63, 3.8) is 0 Å². The van der Waals surface area contributed by atoms with Crippen molar-refractivity contribution in [3.05, 3.63) is 22.4 Å². The van der Waals surface area contributed by atoms with Crippen LogP contribution in [-0.4, -0.2) is 36.6 Å². The number of thiophene rings is 1. The maximum atomic E-state index is 12.2. The number of ether oxygens (including phenoxy) is 1. The van der Waals surface area contributed by atoms with Crippen LogP contribution in [-0.2, 0) is 16.1 Å². The monoisotopic (exact) mass is 284 g/mol. The van der Waals surface area contributed by atoms with Gasteiger partial charge in [-0.05, 0) is 31.7 Å². The molecule has 0 aliphatic carbocycles. The smallest absolute Gasteiger partial charge is 0.223 e. The predicted octanol–water partition coefficient (Wildman–Crippen LogP) is 2.24. The average molecular weight is 284 g/mol. The second-order valence-electron chi connectivity index (χ2n) is 5.38. The maximum absolute atomic E-state index is 12.2. The summed E-state index contributed by atoms with van der Waals surface area (Å²) in [5.74, 6) is 0.143. The summed E-state index contributed by atoms with van der Waals surface area (Å²) in [4.78, 5) is 15.3. The summed E-state index contributed by atoms with van der Waals surface area (Å²) in [6.07, 6.45) is 1.18. The number of hydrogen-bond donors (Lipinski definition) is 1. The molecule has 1 heterocycles. The first-order valence-corrected chi connectivity index (χ1v) is 7.38. The van der Waals surface area contributed by atoms with Crippen LogP contribution in [0.3, 0.4) is 0 Å². The van der Waals surface area contributed by atoms with E-state index in [2.05, 4.69) is 0 Å². The van der Waals surface area contributed by atoms with E-state index >= 15 is 0 Å². The summed E-state index contributed by atoms with van der Waals surface area (Å²) in [5, 5.41) is 2.03. The normalized spacial score (nSPS) is 11.6. The zero-order chi connectivity index (χ0) is 14.3. The lowest BCUT2D eigenvalue weighted by atomic mass is 10.00. The van der Waals surface area contributed by atoms with Crippen LogP contribution in [0.1, 0.15) is 31.6 Å². The summed E-state index contributed by atoms with van der Waals surface area (Å²) in [6.45, 7) is 5.73. The Kier molecular flexibility index (Phi) is 6.48. The van der Waals surface area contributed by atoms with Crippen LogP contribution >= 0.6 is 11.3 Å². The number of rotatable bonds is 8. The third kappa shape index (κ3) is 6.71. The van der Waals surface area contributed by atoms with Crippen LogP contribution in [0.25, 0.3) is 0 Å². The van der Waals surface area contributed by atoms with E-state index in [0.29, 0.717) is 32.5 Å². The van der Waals surface area contributed by atoms with E-state index in [1.807, 2.05) is 36.3 Å². The molecule has 0 aromatic carbocycles. The molecule has 0 bridgehead atoms. The van der Waals surface area contributed by atoms with Crippen molar-refractivity contribution in [2.24, 2.45) is 5.73 Å². The van der Waals surface area contributed by atoms with Gasteiger partial charge in [-0.3, -0.25) is 4.79 Å². The molecule has 1 aromatic heterocycles. The second kappa shape index (κ2) is 7.62. The van der Waals surface area contributed by atoms with Gasteiger partial charge in [-0.25, -0.2) is 0 Å². The van der Waals surface area contributed by atoms with Gasteiger partial charge in [0.2, 0.25) is 5.91 Å². The van der Waals surface area contributed by atoms with Crippen molar-refractivity contribution in [1.82, 2.24) is 4.90 Å². The van der Waals surface area contributed by atoms with Gasteiger partial charge in [0.1, 0.15) is 0 Å². The van der Waals surface area contributed by atoms with Gasteiger partial charge >= 0.3 is 0 Å². The summed E-state index contributed by atoms with van der Waals surface area (Å²) in [7, 11) is 1.65. The topological polar surface area (TPSA) is 55.6 Å². The van der Waals surface area contributed by atoms with Gasteiger partial charge in [0, 0.05) is 30.5 Å². The first kappa shape index (κ1) is 16.1. The zero-order valence-corrected chi connectivity index (χ0v) is 12.8. The molecule has 1 amide bonds. The fourth-order valence-corrected chi connectivity index (χ4v) is 2.39. The minimum absolute atomic E-state index is 0.143. The van der Waals surface area contributed by atoms with Crippen LogP contribution in [0.2, 0.25) is 0 Å². The first-order valence-electron chi connectivity index (χ1n) is 6.50. The molecule has 2 N–H and O–H groups in total. The number of carbonyl (C=O) groups excluding carboxylic acids is 1. The predicted molar refractivity (Wildman–Crippen MR) is 79.1 cm³/mol. The minimum atomic E-state index is -0.300. The lowest BCUT2D eigenvalue weighted by Crippen LogP contribution is -2.37. The van der Waals surface area contributed by atoms with Crippen molar-refractivity contribution < 1.29 is 9.53 Å². The highest BCUT2D eigenvalue weighted by Gasteiger charge is 2.18. The Morgan fingerprint density at radius 3 is 2.79 bits per heavy atom. The summed E-state index contributed by atoms with van der Waals surface area (Å²) >= 11 is 1.67. The third-order valence-corrected chi connectivity index (χ3v) is 3.69. The van der Waals surface area contributed by atoms with Crippen molar-refractivity contribution >= 4 is 17.2 Å². The molecule has 1 rings (SSSR count). The Labute approximate surface area is 119 Å². The Balaban J connectivity index is 2.54. The van der Waals surface area contributed by atoms with E-state index in [0.717, 1.165) is 0 Å². The summed E-state index contributed by atoms with van der Waals surface area (Å²) in [6, 6.07) is 4.05. The molecule has 0 aliphatic rings. The van der Waals surface area contributed by atoms with E-state index in [1.54, 1.807) is 18.4 Å². The summed E-state index contributed by atoms with van der Waals surface area (Å²) in [5.41, 5.74) is 5.63. The molecular formula is C14H24N2O2S. The van der Waals surface area contributed by atoms with Crippen LogP contribution in [0, 0.1) is 0 Å². The van der Waals surface area contributed by atoms with Crippen LogP contribution in [0.4, 0.5) is 0 Å². The van der Waals surface area contributed by atoms with Gasteiger partial charge in [-0.2, -0.15) is 0 Å². The largest absolute Gasteiger partial charge is 0.383 e. The Hall–Kier alpha value is -0.910. The fourth-order valence-electron chi connectivity index (χ4n) is 1.67. The van der Waals surface area contributed by atoms with E-state index in [-0.39, 0.29) is 11.4 Å². The number of nitrogens with two attached hydrogens (primary N) is 1. The van der Waals surface area contributed by atoms with Crippen LogP contribution in [0.15, 0.2) is 17.5 Å². The van der Waals surface area contributed by atoms with Gasteiger partial charge in [-0.1, -0.05) is 6.07 Å². The lowest BCUT2D eigenvalue weighted by molar-refractivity contribution is -0.132. The fraction of sp³-hybridized carbons (Fsp3) is 0.643. The maximum Gasteiger partial charge on any atom is 0.223 e. The summed E-state index contributed by atoms with van der Waals surface area (Å²) < 4.78 is 5.07. The first-order chi connectivity index (χ1) is 8.92. The van der Waals surface area contributed by atoms with Crippen molar-refractivity contribution in [3.8, 4) is 0 Å². The molecule has 4 nitrogen and oxygen atoms in total. The highest BCUT2D eigenvalue weighted by molar-refractivity contribution is 7.09. The molecular weight excluding hydrogens is 260 g/mol. The SMILES string of the molecule is COCCN(Cc1cccs1)C(=O)CCC(C)(C)N. The average Bonchev–Trinajstić information content (AvgIpc) is 2.83. The van der Waals surface area contributed by atoms with E-state index in [4.69, 9.17) is 10.5 Å². The minimum Gasteiger partial charge on any atom is -0.383 e. The molecule has 0 saturated heterocycles. The molecule has 0 saturated carbocycles. The molecule has 0 unspecified atom stereocenters. The van der Waals surface area contributed by atoms with Gasteiger partial charge in [0.15, 0.2) is 0 Å². The number of methoxy groups -OCH3 is 1. The molecule has 0 spiro atoms. The highest BCUT2D eigenvalue weighted by atomic mass is 32.1. The van der Waals surface area contributed by atoms with Crippen molar-refractivity contribution in [2.45, 2.75) is 38.8 Å². The molecule has 1 aromatic rings. The van der Waals surface area contributed by atoms with E-state index < -0.39 is 0 Å². The zero-order valence-electron chi connectivity index (χ0n) is 12.0. The van der Waals surface area contributed by atoms with Gasteiger partial charge in [-0.15, -0.1) is 11.3 Å². The Morgan fingerprint density at radius 1 is 1.53 bits per heavy atom. The molecule has 0 aliphatic heterocycles. The van der Waals surface area contributed by atoms with Crippen LogP contribution < -0.4 is 5.73 Å². The number of hydrogen-bond acceptors (Lipinski definition) is 4. The third-order valence-electron chi connectivity index (χ3n) is 2.83. The molecule has 0 fully saturated rings. The molecule has 5 heteroatoms. The van der Waals surface area contributed by atoms with Crippen molar-refractivity contribution in [2.75, 3.05) is 20.3 Å². The molecule has 0 radical (unpaired) electrons. The van der Waals surface area contributed by atoms with E-state index in [9.17, 15) is 4.79 Å². The lowest BCUT2D eigenvalue weighted by Gasteiger charge is -2.24. The van der Waals surface area contributed by atoms with Gasteiger partial charge in [0.05, 0.1) is 13.2 Å².